The van der Waals surface area contributed by atoms with Gasteiger partial charge in [0.2, 0.25) is 0 Å². The second-order valence-electron chi connectivity index (χ2n) is 7.10. The second kappa shape index (κ2) is 14.1. The van der Waals surface area contributed by atoms with E-state index >= 15 is 0 Å². The van der Waals surface area contributed by atoms with Gasteiger partial charge in [-0.05, 0) is 55.1 Å². The summed E-state index contributed by atoms with van der Waals surface area (Å²) < 4.78 is 5.88. The van der Waals surface area contributed by atoms with Crippen LogP contribution in [0, 0.1) is 0 Å². The Labute approximate surface area is 176 Å². The van der Waals surface area contributed by atoms with E-state index in [2.05, 4.69) is 53.1 Å². The number of unbranched alkanes of at least 4 members (excludes halogenated alkanes) is 1. The van der Waals surface area contributed by atoms with Gasteiger partial charge in [-0.15, -0.1) is 24.8 Å². The maximum atomic E-state index is 5.88. The molecule has 0 bridgehead atoms. The molecule has 0 saturated heterocycles. The lowest BCUT2D eigenvalue weighted by molar-refractivity contribution is 0.306. The normalized spacial score (nSPS) is 14.4. The quantitative estimate of drug-likeness (QED) is 0.515. The topological polar surface area (TPSA) is 33.3 Å². The van der Waals surface area contributed by atoms with Gasteiger partial charge in [-0.2, -0.15) is 0 Å². The van der Waals surface area contributed by atoms with E-state index in [9.17, 15) is 0 Å². The summed E-state index contributed by atoms with van der Waals surface area (Å²) in [4.78, 5) is 0. The number of ether oxygens (including phenoxy) is 1. The fraction of sp³-hybridized carbons (Fsp3) is 0.545. The molecule has 3 nitrogen and oxygen atoms in total. The largest absolute Gasteiger partial charge is 0.494 e. The molecule has 1 fully saturated rings. The maximum Gasteiger partial charge on any atom is 0.119 e. The average Bonchev–Trinajstić information content (AvgIpc) is 2.67. The molecule has 3 rings (SSSR count). The van der Waals surface area contributed by atoms with Crippen molar-refractivity contribution < 1.29 is 4.74 Å². The molecule has 5 heteroatoms. The first-order valence-electron chi connectivity index (χ1n) is 9.97. The predicted molar refractivity (Wildman–Crippen MR) is 121 cm³/mol. The molecule has 1 aliphatic carbocycles. The van der Waals surface area contributed by atoms with Crippen molar-refractivity contribution in [3.8, 4) is 5.75 Å². The van der Waals surface area contributed by atoms with E-state index in [1.807, 2.05) is 0 Å². The molecule has 27 heavy (non-hydrogen) atoms. The smallest absolute Gasteiger partial charge is 0.119 e. The summed E-state index contributed by atoms with van der Waals surface area (Å²) in [6, 6.07) is 15.5. The van der Waals surface area contributed by atoms with Crippen LogP contribution < -0.4 is 15.4 Å². The monoisotopic (exact) mass is 412 g/mol. The maximum absolute atomic E-state index is 5.88. The molecule has 1 aliphatic rings. The van der Waals surface area contributed by atoms with Crippen molar-refractivity contribution >= 4 is 35.6 Å². The van der Waals surface area contributed by atoms with Crippen LogP contribution in [0.25, 0.3) is 10.8 Å². The predicted octanol–water partition coefficient (Wildman–Crippen LogP) is 5.35. The number of hydrogen-bond acceptors (Lipinski definition) is 3. The molecule has 2 aromatic rings. The third-order valence-corrected chi connectivity index (χ3v) is 5.08. The van der Waals surface area contributed by atoms with Crippen molar-refractivity contribution in [1.29, 1.82) is 0 Å². The lowest BCUT2D eigenvalue weighted by Gasteiger charge is -2.22. The molecular formula is C22H34Cl2N2O. The van der Waals surface area contributed by atoms with E-state index in [1.54, 1.807) is 0 Å². The first-order valence-corrected chi connectivity index (χ1v) is 9.97. The van der Waals surface area contributed by atoms with Gasteiger partial charge >= 0.3 is 0 Å². The van der Waals surface area contributed by atoms with Gasteiger partial charge in [0.05, 0.1) is 6.61 Å². The van der Waals surface area contributed by atoms with Crippen molar-refractivity contribution in [2.24, 2.45) is 0 Å². The third-order valence-electron chi connectivity index (χ3n) is 5.08. The minimum absolute atomic E-state index is 0. The molecular weight excluding hydrogens is 379 g/mol. The number of hydrogen-bond donors (Lipinski definition) is 2. The van der Waals surface area contributed by atoms with Crippen LogP contribution >= 0.6 is 24.8 Å². The fourth-order valence-corrected chi connectivity index (χ4v) is 3.60. The minimum Gasteiger partial charge on any atom is -0.494 e. The Kier molecular flexibility index (Phi) is 12.5. The molecule has 152 valence electrons. The van der Waals surface area contributed by atoms with Crippen molar-refractivity contribution in [2.45, 2.75) is 51.0 Å². The lowest BCUT2D eigenvalue weighted by atomic mass is 9.95. The minimum atomic E-state index is 0. The Morgan fingerprint density at radius 1 is 0.815 bits per heavy atom. The number of benzene rings is 2. The van der Waals surface area contributed by atoms with Gasteiger partial charge in [-0.3, -0.25) is 0 Å². The fourth-order valence-electron chi connectivity index (χ4n) is 3.60. The number of rotatable bonds is 10. The van der Waals surface area contributed by atoms with Gasteiger partial charge in [0.25, 0.3) is 0 Å². The van der Waals surface area contributed by atoms with E-state index in [4.69, 9.17) is 4.74 Å². The molecule has 2 aromatic carbocycles. The van der Waals surface area contributed by atoms with E-state index < -0.39 is 0 Å². The Bertz CT molecular complexity index is 632. The van der Waals surface area contributed by atoms with Crippen LogP contribution in [0.3, 0.4) is 0 Å². The van der Waals surface area contributed by atoms with Gasteiger partial charge in [-0.25, -0.2) is 0 Å². The molecule has 0 radical (unpaired) electrons. The Hall–Kier alpha value is -1.00. The highest BCUT2D eigenvalue weighted by Crippen LogP contribution is 2.20. The summed E-state index contributed by atoms with van der Waals surface area (Å²) in [6.07, 6.45) is 9.23. The summed E-state index contributed by atoms with van der Waals surface area (Å²) in [5.41, 5.74) is 0. The van der Waals surface area contributed by atoms with Crippen molar-refractivity contribution in [3.05, 3.63) is 42.5 Å². The first-order chi connectivity index (χ1) is 12.4. The van der Waals surface area contributed by atoms with Gasteiger partial charge in [0.15, 0.2) is 0 Å². The van der Waals surface area contributed by atoms with Crippen LogP contribution in [-0.4, -0.2) is 32.3 Å². The standard InChI is InChI=1S/C22H32N2O.2ClH/c1-2-10-21(11-3-1)24-16-15-23-14-6-7-17-25-22-13-12-19-8-4-5-9-20(19)18-22;;/h4-5,8-9,12-13,18,21,23-24H,1-3,6-7,10-11,14-17H2;2*1H. The Morgan fingerprint density at radius 2 is 1.59 bits per heavy atom. The molecule has 0 aliphatic heterocycles. The van der Waals surface area contributed by atoms with Crippen LogP contribution in [0.5, 0.6) is 5.75 Å². The number of halogens is 2. The van der Waals surface area contributed by atoms with Crippen LogP contribution in [0.4, 0.5) is 0 Å². The average molecular weight is 413 g/mol. The first kappa shape index (κ1) is 24.0. The molecule has 0 unspecified atom stereocenters. The zero-order valence-corrected chi connectivity index (χ0v) is 17.8. The summed E-state index contributed by atoms with van der Waals surface area (Å²) in [5.74, 6) is 0.975. The third kappa shape index (κ3) is 8.69. The van der Waals surface area contributed by atoms with Gasteiger partial charge in [0, 0.05) is 19.1 Å². The van der Waals surface area contributed by atoms with Crippen LogP contribution in [0.15, 0.2) is 42.5 Å². The summed E-state index contributed by atoms with van der Waals surface area (Å²) in [7, 11) is 0. The van der Waals surface area contributed by atoms with Crippen LogP contribution in [-0.2, 0) is 0 Å². The zero-order valence-electron chi connectivity index (χ0n) is 16.1. The number of nitrogens with one attached hydrogen (secondary N) is 2. The van der Waals surface area contributed by atoms with Crippen molar-refractivity contribution in [3.63, 3.8) is 0 Å². The SMILES string of the molecule is Cl.Cl.c1ccc2cc(OCCCCNCCNC3CCCCC3)ccc2c1. The van der Waals surface area contributed by atoms with Gasteiger partial charge < -0.3 is 15.4 Å². The summed E-state index contributed by atoms with van der Waals surface area (Å²) in [5, 5.41) is 9.71. The van der Waals surface area contributed by atoms with Crippen LogP contribution in [0.1, 0.15) is 44.9 Å². The zero-order chi connectivity index (χ0) is 17.2. The van der Waals surface area contributed by atoms with Gasteiger partial charge in [0.1, 0.15) is 5.75 Å². The molecule has 0 heterocycles. The molecule has 0 aromatic heterocycles. The van der Waals surface area contributed by atoms with E-state index in [0.29, 0.717) is 0 Å². The highest BCUT2D eigenvalue weighted by Gasteiger charge is 2.11. The Balaban J connectivity index is 0.00000182. The highest BCUT2D eigenvalue weighted by molar-refractivity contribution is 5.85. The van der Waals surface area contributed by atoms with Gasteiger partial charge in [-0.1, -0.05) is 49.6 Å². The second-order valence-corrected chi connectivity index (χ2v) is 7.10. The van der Waals surface area contributed by atoms with E-state index in [1.165, 1.54) is 42.9 Å². The Morgan fingerprint density at radius 3 is 2.41 bits per heavy atom. The lowest BCUT2D eigenvalue weighted by Crippen LogP contribution is -2.36. The van der Waals surface area contributed by atoms with Crippen LogP contribution in [0.2, 0.25) is 0 Å². The van der Waals surface area contributed by atoms with Crippen molar-refractivity contribution in [1.82, 2.24) is 10.6 Å². The molecule has 1 saturated carbocycles. The highest BCUT2D eigenvalue weighted by atomic mass is 35.5. The van der Waals surface area contributed by atoms with Crippen molar-refractivity contribution in [2.75, 3.05) is 26.2 Å². The number of fused-ring (bicyclic) bond motifs is 1. The molecule has 0 spiro atoms. The van der Waals surface area contributed by atoms with E-state index in [-0.39, 0.29) is 24.8 Å². The summed E-state index contributed by atoms with van der Waals surface area (Å²) in [6.45, 7) is 4.04. The molecule has 0 amide bonds. The molecule has 2 N–H and O–H groups in total. The molecule has 0 atom stereocenters. The summed E-state index contributed by atoms with van der Waals surface area (Å²) >= 11 is 0. The van der Waals surface area contributed by atoms with E-state index in [0.717, 1.165) is 50.9 Å².